The number of hydrogen-bond donors (Lipinski definition) is 0. The van der Waals surface area contributed by atoms with Gasteiger partial charge in [-0.15, -0.1) is 0 Å². The molecule has 0 aliphatic carbocycles. The van der Waals surface area contributed by atoms with Gasteiger partial charge in [-0.2, -0.15) is 0 Å². The molecule has 136 valence electrons. The van der Waals surface area contributed by atoms with Crippen LogP contribution >= 0.6 is 0 Å². The normalized spacial score (nSPS) is 11.8. The van der Waals surface area contributed by atoms with Crippen LogP contribution in [0.1, 0.15) is 6.92 Å². The molecule has 0 aromatic heterocycles. The zero-order valence-electron chi connectivity index (χ0n) is 15.3. The third kappa shape index (κ3) is 5.47. The first-order valence-corrected chi connectivity index (χ1v) is 8.59. The summed E-state index contributed by atoms with van der Waals surface area (Å²) in [6.45, 7) is 1.90. The molecular formula is C23H21NO3. The number of para-hydroxylation sites is 2. The van der Waals surface area contributed by atoms with Gasteiger partial charge in [0.2, 0.25) is 5.90 Å². The molecule has 4 heteroatoms. The van der Waals surface area contributed by atoms with Crippen molar-refractivity contribution in [2.45, 2.75) is 6.92 Å². The lowest BCUT2D eigenvalue weighted by atomic mass is 10.3. The van der Waals surface area contributed by atoms with Gasteiger partial charge in [0.05, 0.1) is 19.1 Å². The fourth-order valence-electron chi connectivity index (χ4n) is 2.27. The third-order valence-electron chi connectivity index (χ3n) is 3.71. The SMILES string of the molecule is COc1ccc(OC=C(C)/C(=N\c2ccccc2)Oc2ccccc2)cc1. The first-order chi connectivity index (χ1) is 13.2. The fourth-order valence-corrected chi connectivity index (χ4v) is 2.27. The first-order valence-electron chi connectivity index (χ1n) is 8.59. The fraction of sp³-hybridized carbons (Fsp3) is 0.0870. The average molecular weight is 359 g/mol. The molecule has 3 aromatic carbocycles. The highest BCUT2D eigenvalue weighted by Gasteiger charge is 2.07. The highest BCUT2D eigenvalue weighted by Crippen LogP contribution is 2.20. The van der Waals surface area contributed by atoms with Crippen LogP contribution in [0.3, 0.4) is 0 Å². The highest BCUT2D eigenvalue weighted by atomic mass is 16.5. The second kappa shape index (κ2) is 9.25. The minimum atomic E-state index is 0.473. The average Bonchev–Trinajstić information content (AvgIpc) is 2.73. The maximum atomic E-state index is 5.99. The molecule has 0 N–H and O–H groups in total. The second-order valence-electron chi connectivity index (χ2n) is 5.76. The molecule has 4 nitrogen and oxygen atoms in total. The molecule has 0 heterocycles. The van der Waals surface area contributed by atoms with Crippen molar-refractivity contribution in [3.63, 3.8) is 0 Å². The number of hydrogen-bond acceptors (Lipinski definition) is 4. The van der Waals surface area contributed by atoms with E-state index in [1.165, 1.54) is 0 Å². The lowest BCUT2D eigenvalue weighted by Crippen LogP contribution is -2.10. The maximum absolute atomic E-state index is 5.99. The van der Waals surface area contributed by atoms with E-state index in [1.807, 2.05) is 91.9 Å². The van der Waals surface area contributed by atoms with Crippen LogP contribution in [0.4, 0.5) is 5.69 Å². The van der Waals surface area contributed by atoms with Gasteiger partial charge in [0.1, 0.15) is 17.2 Å². The van der Waals surface area contributed by atoms with Crippen LogP contribution in [0.5, 0.6) is 17.2 Å². The molecule has 0 unspecified atom stereocenters. The Kier molecular flexibility index (Phi) is 6.26. The quantitative estimate of drug-likeness (QED) is 0.318. The Hall–Kier alpha value is -3.53. The van der Waals surface area contributed by atoms with Gasteiger partial charge in [0, 0.05) is 5.57 Å². The Morgan fingerprint density at radius 2 is 1.33 bits per heavy atom. The van der Waals surface area contributed by atoms with Crippen molar-refractivity contribution in [1.29, 1.82) is 0 Å². The molecule has 0 amide bonds. The van der Waals surface area contributed by atoms with Crippen LogP contribution in [0.15, 0.2) is 102 Å². The summed E-state index contributed by atoms with van der Waals surface area (Å²) in [7, 11) is 1.63. The van der Waals surface area contributed by atoms with Crippen LogP contribution in [-0.4, -0.2) is 13.0 Å². The summed E-state index contributed by atoms with van der Waals surface area (Å²) in [5, 5.41) is 0. The smallest absolute Gasteiger partial charge is 0.225 e. The summed E-state index contributed by atoms with van der Waals surface area (Å²) < 4.78 is 16.9. The van der Waals surface area contributed by atoms with Gasteiger partial charge in [-0.05, 0) is 55.5 Å². The van der Waals surface area contributed by atoms with Crippen molar-refractivity contribution < 1.29 is 14.2 Å². The summed E-state index contributed by atoms with van der Waals surface area (Å²) in [5.74, 6) is 2.67. The lowest BCUT2D eigenvalue weighted by molar-refractivity contribution is 0.412. The standard InChI is InChI=1S/C23H21NO3/c1-18(17-26-21-15-13-20(25-2)14-16-21)23(24-19-9-5-3-6-10-19)27-22-11-7-4-8-12-22/h3-17H,1-2H3/b18-17?,24-23+. The number of methoxy groups -OCH3 is 1. The van der Waals surface area contributed by atoms with Crippen molar-refractivity contribution in [1.82, 2.24) is 0 Å². The van der Waals surface area contributed by atoms with Crippen LogP contribution in [0, 0.1) is 0 Å². The molecule has 0 aliphatic heterocycles. The minimum absolute atomic E-state index is 0.473. The Morgan fingerprint density at radius 3 is 1.96 bits per heavy atom. The van der Waals surface area contributed by atoms with Crippen molar-refractivity contribution in [2.75, 3.05) is 7.11 Å². The zero-order valence-corrected chi connectivity index (χ0v) is 15.3. The molecule has 0 fully saturated rings. The molecule has 0 spiro atoms. The highest BCUT2D eigenvalue weighted by molar-refractivity contribution is 5.96. The lowest BCUT2D eigenvalue weighted by Gasteiger charge is -2.10. The molecular weight excluding hydrogens is 338 g/mol. The van der Waals surface area contributed by atoms with Gasteiger partial charge in [-0.1, -0.05) is 36.4 Å². The molecule has 0 atom stereocenters. The van der Waals surface area contributed by atoms with E-state index in [2.05, 4.69) is 4.99 Å². The van der Waals surface area contributed by atoms with Crippen LogP contribution < -0.4 is 14.2 Å². The maximum Gasteiger partial charge on any atom is 0.225 e. The summed E-state index contributed by atoms with van der Waals surface area (Å²) in [4.78, 5) is 4.62. The molecule has 27 heavy (non-hydrogen) atoms. The summed E-state index contributed by atoms with van der Waals surface area (Å²) >= 11 is 0. The zero-order chi connectivity index (χ0) is 18.9. The molecule has 0 saturated carbocycles. The van der Waals surface area contributed by atoms with E-state index in [0.717, 1.165) is 17.0 Å². The van der Waals surface area contributed by atoms with Gasteiger partial charge in [0.25, 0.3) is 0 Å². The van der Waals surface area contributed by atoms with Gasteiger partial charge in [0.15, 0.2) is 0 Å². The van der Waals surface area contributed by atoms with E-state index in [1.54, 1.807) is 13.4 Å². The summed E-state index contributed by atoms with van der Waals surface area (Å²) in [6, 6.07) is 26.6. The van der Waals surface area contributed by atoms with Gasteiger partial charge >= 0.3 is 0 Å². The van der Waals surface area contributed by atoms with Gasteiger partial charge in [-0.25, -0.2) is 4.99 Å². The molecule has 0 radical (unpaired) electrons. The molecule has 3 aromatic rings. The Morgan fingerprint density at radius 1 is 0.741 bits per heavy atom. The van der Waals surface area contributed by atoms with E-state index in [0.29, 0.717) is 17.4 Å². The molecule has 0 aliphatic rings. The number of aliphatic imine (C=N–C) groups is 1. The topological polar surface area (TPSA) is 40.0 Å². The summed E-state index contributed by atoms with van der Waals surface area (Å²) in [5.41, 5.74) is 1.57. The van der Waals surface area contributed by atoms with E-state index in [4.69, 9.17) is 14.2 Å². The van der Waals surface area contributed by atoms with Crippen LogP contribution in [-0.2, 0) is 0 Å². The number of rotatable bonds is 6. The van der Waals surface area contributed by atoms with Crippen LogP contribution in [0.25, 0.3) is 0 Å². The van der Waals surface area contributed by atoms with Crippen molar-refractivity contribution in [2.24, 2.45) is 4.99 Å². The third-order valence-corrected chi connectivity index (χ3v) is 3.71. The Balaban J connectivity index is 1.82. The van der Waals surface area contributed by atoms with Gasteiger partial charge in [-0.3, -0.25) is 0 Å². The summed E-state index contributed by atoms with van der Waals surface area (Å²) in [6.07, 6.45) is 1.63. The van der Waals surface area contributed by atoms with Crippen molar-refractivity contribution in [3.8, 4) is 17.2 Å². The Bertz CT molecular complexity index is 901. The predicted octanol–water partition coefficient (Wildman–Crippen LogP) is 5.79. The molecule has 0 bridgehead atoms. The molecule has 0 saturated heterocycles. The van der Waals surface area contributed by atoms with Gasteiger partial charge < -0.3 is 14.2 Å². The van der Waals surface area contributed by atoms with E-state index in [9.17, 15) is 0 Å². The number of nitrogens with zero attached hydrogens (tertiary/aromatic N) is 1. The second-order valence-corrected chi connectivity index (χ2v) is 5.76. The predicted molar refractivity (Wildman–Crippen MR) is 108 cm³/mol. The number of ether oxygens (including phenoxy) is 3. The number of benzene rings is 3. The van der Waals surface area contributed by atoms with Crippen molar-refractivity contribution in [3.05, 3.63) is 96.8 Å². The molecule has 3 rings (SSSR count). The van der Waals surface area contributed by atoms with E-state index >= 15 is 0 Å². The Labute approximate surface area is 159 Å². The first kappa shape index (κ1) is 18.3. The van der Waals surface area contributed by atoms with E-state index in [-0.39, 0.29) is 0 Å². The van der Waals surface area contributed by atoms with E-state index < -0.39 is 0 Å². The van der Waals surface area contributed by atoms with Crippen molar-refractivity contribution >= 4 is 11.6 Å². The largest absolute Gasteiger partial charge is 0.497 e. The van der Waals surface area contributed by atoms with Crippen LogP contribution in [0.2, 0.25) is 0 Å². The minimum Gasteiger partial charge on any atom is -0.497 e. The monoisotopic (exact) mass is 359 g/mol.